The van der Waals surface area contributed by atoms with Crippen LogP contribution in [0.1, 0.15) is 0 Å². The molecule has 0 aliphatic carbocycles. The lowest BCUT2D eigenvalue weighted by Crippen LogP contribution is -1.95. The number of rotatable bonds is 4. The minimum Gasteiger partial charge on any atom is -0.497 e. The average Bonchev–Trinajstić information content (AvgIpc) is 2.39. The molecule has 0 bridgehead atoms. The summed E-state index contributed by atoms with van der Waals surface area (Å²) < 4.78 is 29.2. The SMILES string of the molecule is COc1ccc(S(=O)(=O)Sc2ccccc2)cc1. The number of ether oxygens (including phenoxy) is 1. The third kappa shape index (κ3) is 3.05. The van der Waals surface area contributed by atoms with Crippen LogP contribution in [0, 0.1) is 0 Å². The standard InChI is InChI=1S/C13H12O3S2/c1-16-11-7-9-13(10-8-11)18(14,15)17-12-5-3-2-4-6-12/h2-10H,1H3. The summed E-state index contributed by atoms with van der Waals surface area (Å²) in [4.78, 5) is 0.977. The number of methoxy groups -OCH3 is 1. The van der Waals surface area contributed by atoms with Gasteiger partial charge in [-0.15, -0.1) is 0 Å². The number of benzene rings is 2. The molecule has 0 unspecified atom stereocenters. The van der Waals surface area contributed by atoms with Gasteiger partial charge in [-0.25, -0.2) is 8.42 Å². The van der Waals surface area contributed by atoms with Crippen molar-refractivity contribution in [2.45, 2.75) is 9.79 Å². The lowest BCUT2D eigenvalue weighted by atomic mass is 10.3. The minimum atomic E-state index is -3.38. The largest absolute Gasteiger partial charge is 0.497 e. The van der Waals surface area contributed by atoms with E-state index in [1.807, 2.05) is 18.2 Å². The molecule has 0 saturated heterocycles. The Kier molecular flexibility index (Phi) is 3.93. The van der Waals surface area contributed by atoms with Gasteiger partial charge in [0.2, 0.25) is 8.87 Å². The molecule has 0 heterocycles. The molecule has 0 fully saturated rings. The molecule has 0 atom stereocenters. The van der Waals surface area contributed by atoms with Gasteiger partial charge in [-0.1, -0.05) is 18.2 Å². The Bertz CT molecular complexity index is 604. The van der Waals surface area contributed by atoms with E-state index < -0.39 is 8.87 Å². The van der Waals surface area contributed by atoms with Gasteiger partial charge in [-0.05, 0) is 36.4 Å². The molecule has 0 saturated carbocycles. The zero-order valence-corrected chi connectivity index (χ0v) is 11.4. The molecule has 0 spiro atoms. The summed E-state index contributed by atoms with van der Waals surface area (Å²) in [6, 6.07) is 15.4. The molecule has 94 valence electrons. The van der Waals surface area contributed by atoms with Crippen LogP contribution in [-0.4, -0.2) is 15.5 Å². The van der Waals surface area contributed by atoms with Gasteiger partial charge >= 0.3 is 0 Å². The maximum atomic E-state index is 12.1. The second kappa shape index (κ2) is 5.46. The zero-order valence-electron chi connectivity index (χ0n) is 9.74. The van der Waals surface area contributed by atoms with E-state index in [0.29, 0.717) is 10.6 Å². The molecular formula is C13H12O3S2. The van der Waals surface area contributed by atoms with E-state index in [-0.39, 0.29) is 4.90 Å². The molecule has 0 aliphatic rings. The lowest BCUT2D eigenvalue weighted by molar-refractivity contribution is 0.414. The van der Waals surface area contributed by atoms with Gasteiger partial charge in [0.05, 0.1) is 12.0 Å². The number of hydrogen-bond donors (Lipinski definition) is 0. The smallest absolute Gasteiger partial charge is 0.234 e. The zero-order chi connectivity index (χ0) is 13.0. The van der Waals surface area contributed by atoms with Crippen LogP contribution < -0.4 is 4.74 Å². The molecule has 2 rings (SSSR count). The molecule has 2 aromatic rings. The Morgan fingerprint density at radius 3 is 2.11 bits per heavy atom. The van der Waals surface area contributed by atoms with E-state index in [2.05, 4.69) is 0 Å². The molecule has 2 aromatic carbocycles. The van der Waals surface area contributed by atoms with Crippen molar-refractivity contribution in [1.82, 2.24) is 0 Å². The average molecular weight is 280 g/mol. The minimum absolute atomic E-state index is 0.275. The third-order valence-corrected chi connectivity index (χ3v) is 5.64. The predicted molar refractivity (Wildman–Crippen MR) is 72.5 cm³/mol. The van der Waals surface area contributed by atoms with Crippen LogP contribution in [0.15, 0.2) is 64.4 Å². The molecule has 18 heavy (non-hydrogen) atoms. The molecule has 5 heteroatoms. The van der Waals surface area contributed by atoms with Crippen molar-refractivity contribution in [3.8, 4) is 5.75 Å². The maximum Gasteiger partial charge on any atom is 0.234 e. The highest BCUT2D eigenvalue weighted by Crippen LogP contribution is 2.31. The van der Waals surface area contributed by atoms with Gasteiger partial charge < -0.3 is 4.74 Å². The van der Waals surface area contributed by atoms with Crippen LogP contribution in [0.25, 0.3) is 0 Å². The highest BCUT2D eigenvalue weighted by atomic mass is 33.1. The quantitative estimate of drug-likeness (QED) is 0.807. The highest BCUT2D eigenvalue weighted by molar-refractivity contribution is 8.72. The van der Waals surface area contributed by atoms with Crippen LogP contribution in [0.3, 0.4) is 0 Å². The van der Waals surface area contributed by atoms with Gasteiger partial charge in [0.1, 0.15) is 5.75 Å². The number of hydrogen-bond acceptors (Lipinski definition) is 4. The molecule has 0 N–H and O–H groups in total. The predicted octanol–water partition coefficient (Wildman–Crippen LogP) is 3.18. The topological polar surface area (TPSA) is 43.4 Å². The van der Waals surface area contributed by atoms with Gasteiger partial charge in [0.15, 0.2) is 0 Å². The summed E-state index contributed by atoms with van der Waals surface area (Å²) >= 11 is 0. The fraction of sp³-hybridized carbons (Fsp3) is 0.0769. The van der Waals surface area contributed by atoms with E-state index in [1.165, 1.54) is 0 Å². The fourth-order valence-electron chi connectivity index (χ4n) is 1.39. The Morgan fingerprint density at radius 2 is 1.56 bits per heavy atom. The van der Waals surface area contributed by atoms with Gasteiger partial charge in [0.25, 0.3) is 0 Å². The first-order valence-electron chi connectivity index (χ1n) is 5.25. The first-order chi connectivity index (χ1) is 8.62. The molecule has 0 aromatic heterocycles. The second-order valence-corrected chi connectivity index (χ2v) is 7.36. The Hall–Kier alpha value is -1.46. The van der Waals surface area contributed by atoms with Crippen LogP contribution in [0.2, 0.25) is 0 Å². The molecule has 0 aliphatic heterocycles. The Labute approximate surface area is 110 Å². The molecular weight excluding hydrogens is 268 g/mol. The van der Waals surface area contributed by atoms with Crippen LogP contribution >= 0.6 is 10.8 Å². The monoisotopic (exact) mass is 280 g/mol. The van der Waals surface area contributed by atoms with E-state index >= 15 is 0 Å². The van der Waals surface area contributed by atoms with Crippen molar-refractivity contribution in [2.24, 2.45) is 0 Å². The van der Waals surface area contributed by atoms with Gasteiger partial charge in [0, 0.05) is 15.7 Å². The van der Waals surface area contributed by atoms with Crippen molar-refractivity contribution < 1.29 is 13.2 Å². The Morgan fingerprint density at radius 1 is 0.944 bits per heavy atom. The summed E-state index contributed by atoms with van der Waals surface area (Å²) in [6.07, 6.45) is 0. The summed E-state index contributed by atoms with van der Waals surface area (Å²) in [7, 11) is -0.989. The van der Waals surface area contributed by atoms with Crippen molar-refractivity contribution in [1.29, 1.82) is 0 Å². The van der Waals surface area contributed by atoms with E-state index in [9.17, 15) is 8.42 Å². The first-order valence-corrected chi connectivity index (χ1v) is 8.07. The second-order valence-electron chi connectivity index (χ2n) is 3.53. The molecule has 0 amide bonds. The summed E-state index contributed by atoms with van der Waals surface area (Å²) in [5.41, 5.74) is 0. The molecule has 3 nitrogen and oxygen atoms in total. The van der Waals surface area contributed by atoms with E-state index in [4.69, 9.17) is 4.74 Å². The van der Waals surface area contributed by atoms with E-state index in [1.54, 1.807) is 43.5 Å². The third-order valence-electron chi connectivity index (χ3n) is 2.30. The summed E-state index contributed by atoms with van der Waals surface area (Å²) in [5, 5.41) is 0. The maximum absolute atomic E-state index is 12.1. The summed E-state index contributed by atoms with van der Waals surface area (Å²) in [5.74, 6) is 0.638. The molecule has 0 radical (unpaired) electrons. The first kappa shape index (κ1) is 13.0. The van der Waals surface area contributed by atoms with Crippen LogP contribution in [-0.2, 0) is 8.87 Å². The van der Waals surface area contributed by atoms with Crippen molar-refractivity contribution in [3.05, 3.63) is 54.6 Å². The van der Waals surface area contributed by atoms with Crippen molar-refractivity contribution >= 4 is 19.7 Å². The Balaban J connectivity index is 2.25. The van der Waals surface area contributed by atoms with Crippen molar-refractivity contribution in [2.75, 3.05) is 7.11 Å². The van der Waals surface area contributed by atoms with Crippen LogP contribution in [0.5, 0.6) is 5.75 Å². The van der Waals surface area contributed by atoms with E-state index in [0.717, 1.165) is 10.8 Å². The van der Waals surface area contributed by atoms with Crippen LogP contribution in [0.4, 0.5) is 0 Å². The normalized spacial score (nSPS) is 11.2. The van der Waals surface area contributed by atoms with Gasteiger partial charge in [-0.2, -0.15) is 0 Å². The van der Waals surface area contributed by atoms with Gasteiger partial charge in [-0.3, -0.25) is 0 Å². The lowest BCUT2D eigenvalue weighted by Gasteiger charge is -2.05. The highest BCUT2D eigenvalue weighted by Gasteiger charge is 2.16. The van der Waals surface area contributed by atoms with Crippen molar-refractivity contribution in [3.63, 3.8) is 0 Å². The summed E-state index contributed by atoms with van der Waals surface area (Å²) in [6.45, 7) is 0. The fourth-order valence-corrected chi connectivity index (χ4v) is 4.20.